The van der Waals surface area contributed by atoms with Crippen LogP contribution in [-0.2, 0) is 41.7 Å². The van der Waals surface area contributed by atoms with Crippen molar-refractivity contribution in [1.82, 2.24) is 5.32 Å². The molecule has 0 bridgehead atoms. The molecule has 1 amide bonds. The number of amides is 1. The summed E-state index contributed by atoms with van der Waals surface area (Å²) in [6.45, 7) is 1.33. The van der Waals surface area contributed by atoms with Crippen molar-refractivity contribution in [2.45, 2.75) is 50.8 Å². The predicted molar refractivity (Wildman–Crippen MR) is 117 cm³/mol. The van der Waals surface area contributed by atoms with E-state index in [4.69, 9.17) is 23.7 Å². The first-order chi connectivity index (χ1) is 16.0. The minimum atomic E-state index is -1.21. The fraction of sp³-hybridized carbons (Fsp3) is 0.417. The van der Waals surface area contributed by atoms with E-state index in [0.29, 0.717) is 0 Å². The summed E-state index contributed by atoms with van der Waals surface area (Å²) in [6.07, 6.45) is -4.72. The molecular formula is C24H29NO8. The quantitative estimate of drug-likeness (QED) is 0.549. The van der Waals surface area contributed by atoms with Gasteiger partial charge in [0.1, 0.15) is 37.6 Å². The van der Waals surface area contributed by atoms with Crippen LogP contribution in [0.3, 0.4) is 0 Å². The zero-order valence-corrected chi connectivity index (χ0v) is 18.6. The van der Waals surface area contributed by atoms with Gasteiger partial charge in [0.15, 0.2) is 6.29 Å². The third-order valence-corrected chi connectivity index (χ3v) is 5.14. The number of rotatable bonds is 9. The lowest BCUT2D eigenvalue weighted by molar-refractivity contribution is -0.272. The van der Waals surface area contributed by atoms with Crippen molar-refractivity contribution in [2.75, 3.05) is 13.7 Å². The van der Waals surface area contributed by atoms with E-state index in [2.05, 4.69) is 5.32 Å². The normalized spacial score (nSPS) is 24.6. The third-order valence-electron chi connectivity index (χ3n) is 5.14. The van der Waals surface area contributed by atoms with Crippen LogP contribution in [0.4, 0.5) is 4.79 Å². The smallest absolute Gasteiger partial charge is 0.407 e. The largest absolute Gasteiger partial charge is 0.463 e. The molecule has 3 rings (SSSR count). The first-order valence-corrected chi connectivity index (χ1v) is 10.6. The minimum Gasteiger partial charge on any atom is -0.463 e. The third kappa shape index (κ3) is 7.26. The molecule has 2 N–H and O–H groups in total. The van der Waals surface area contributed by atoms with Gasteiger partial charge in [-0.3, -0.25) is 4.79 Å². The minimum absolute atomic E-state index is 0.0745. The highest BCUT2D eigenvalue weighted by molar-refractivity contribution is 5.68. The Bertz CT molecular complexity index is 879. The molecule has 2 aromatic carbocycles. The number of carbonyl (C=O) groups excluding carboxylic acids is 2. The van der Waals surface area contributed by atoms with E-state index in [9.17, 15) is 14.7 Å². The van der Waals surface area contributed by atoms with Crippen LogP contribution in [0.1, 0.15) is 18.1 Å². The van der Waals surface area contributed by atoms with E-state index in [1.54, 1.807) is 0 Å². The first kappa shape index (κ1) is 24.7. The fourth-order valence-electron chi connectivity index (χ4n) is 3.48. The number of hydrogen-bond acceptors (Lipinski definition) is 8. The average molecular weight is 459 g/mol. The Balaban J connectivity index is 1.71. The lowest BCUT2D eigenvalue weighted by Gasteiger charge is -2.43. The number of nitrogens with one attached hydrogen (secondary N) is 1. The van der Waals surface area contributed by atoms with Gasteiger partial charge in [-0.15, -0.1) is 0 Å². The van der Waals surface area contributed by atoms with E-state index >= 15 is 0 Å². The molecule has 1 saturated heterocycles. The average Bonchev–Trinajstić information content (AvgIpc) is 2.83. The second-order valence-corrected chi connectivity index (χ2v) is 7.56. The van der Waals surface area contributed by atoms with Gasteiger partial charge < -0.3 is 34.1 Å². The molecule has 178 valence electrons. The van der Waals surface area contributed by atoms with Crippen LogP contribution in [0.25, 0.3) is 0 Å². The van der Waals surface area contributed by atoms with Crippen LogP contribution in [-0.4, -0.2) is 61.5 Å². The molecule has 0 spiro atoms. The molecule has 1 aliphatic heterocycles. The van der Waals surface area contributed by atoms with Gasteiger partial charge in [-0.25, -0.2) is 4.79 Å². The standard InChI is InChI=1S/C24H29NO8/c1-16(26)30-15-19-21(27)22(31-13-17-9-5-3-6-10-17)20(23(29-2)33-19)25-24(28)32-14-18-11-7-4-8-12-18/h3-12,19-23,27H,13-15H2,1-2H3,(H,25,28)/t19-,20-,21-,22-,23+/m0/s1. The molecule has 1 aliphatic rings. The molecule has 1 fully saturated rings. The van der Waals surface area contributed by atoms with Crippen LogP contribution >= 0.6 is 0 Å². The Morgan fingerprint density at radius 2 is 1.58 bits per heavy atom. The fourth-order valence-corrected chi connectivity index (χ4v) is 3.48. The molecule has 0 unspecified atom stereocenters. The summed E-state index contributed by atoms with van der Waals surface area (Å²) in [7, 11) is 1.41. The Morgan fingerprint density at radius 1 is 0.970 bits per heavy atom. The van der Waals surface area contributed by atoms with E-state index in [1.807, 2.05) is 60.7 Å². The van der Waals surface area contributed by atoms with Crippen molar-refractivity contribution in [3.8, 4) is 0 Å². The number of aliphatic hydroxyl groups excluding tert-OH is 1. The van der Waals surface area contributed by atoms with Crippen molar-refractivity contribution >= 4 is 12.1 Å². The Kier molecular flexibility index (Phi) is 9.20. The SMILES string of the molecule is CO[C@@H]1O[C@@H](COC(C)=O)[C@H](O)[C@@H](OCc2ccccc2)[C@@H]1NC(=O)OCc1ccccc1. The van der Waals surface area contributed by atoms with Gasteiger partial charge in [-0.2, -0.15) is 0 Å². The maximum atomic E-state index is 12.5. The van der Waals surface area contributed by atoms with Crippen LogP contribution in [0.5, 0.6) is 0 Å². The summed E-state index contributed by atoms with van der Waals surface area (Å²) >= 11 is 0. The van der Waals surface area contributed by atoms with Crippen LogP contribution in [0.15, 0.2) is 60.7 Å². The summed E-state index contributed by atoms with van der Waals surface area (Å²) in [5, 5.41) is 13.6. The van der Waals surface area contributed by atoms with Gasteiger partial charge in [0.25, 0.3) is 0 Å². The van der Waals surface area contributed by atoms with Crippen molar-refractivity contribution < 1.29 is 38.4 Å². The number of carbonyl (C=O) groups is 2. The van der Waals surface area contributed by atoms with Gasteiger partial charge >= 0.3 is 12.1 Å². The number of alkyl carbamates (subject to hydrolysis) is 1. The van der Waals surface area contributed by atoms with E-state index in [-0.39, 0.29) is 19.8 Å². The highest BCUT2D eigenvalue weighted by Gasteiger charge is 2.47. The molecule has 9 nitrogen and oxygen atoms in total. The number of methoxy groups -OCH3 is 1. The van der Waals surface area contributed by atoms with Crippen molar-refractivity contribution in [2.24, 2.45) is 0 Å². The first-order valence-electron chi connectivity index (χ1n) is 10.6. The lowest BCUT2D eigenvalue weighted by atomic mass is 9.96. The highest BCUT2D eigenvalue weighted by atomic mass is 16.7. The maximum absolute atomic E-state index is 12.5. The van der Waals surface area contributed by atoms with Gasteiger partial charge in [-0.1, -0.05) is 60.7 Å². The number of hydrogen-bond donors (Lipinski definition) is 2. The predicted octanol–water partition coefficient (Wildman–Crippen LogP) is 2.16. The molecule has 9 heteroatoms. The summed E-state index contributed by atoms with van der Waals surface area (Å²) in [4.78, 5) is 23.8. The Labute approximate surface area is 192 Å². The molecule has 33 heavy (non-hydrogen) atoms. The number of aliphatic hydroxyl groups is 1. The zero-order valence-electron chi connectivity index (χ0n) is 18.6. The number of esters is 1. The summed E-state index contributed by atoms with van der Waals surface area (Å²) in [5.74, 6) is -0.508. The maximum Gasteiger partial charge on any atom is 0.407 e. The van der Waals surface area contributed by atoms with Gasteiger partial charge in [-0.05, 0) is 11.1 Å². The van der Waals surface area contributed by atoms with E-state index in [1.165, 1.54) is 14.0 Å². The molecule has 0 radical (unpaired) electrons. The van der Waals surface area contributed by atoms with Crippen LogP contribution in [0, 0.1) is 0 Å². The van der Waals surface area contributed by atoms with E-state index < -0.39 is 42.7 Å². The number of benzene rings is 2. The Morgan fingerprint density at radius 3 is 2.15 bits per heavy atom. The van der Waals surface area contributed by atoms with Gasteiger partial charge in [0, 0.05) is 14.0 Å². The lowest BCUT2D eigenvalue weighted by Crippen LogP contribution is -2.65. The van der Waals surface area contributed by atoms with Crippen molar-refractivity contribution in [1.29, 1.82) is 0 Å². The second kappa shape index (κ2) is 12.3. The van der Waals surface area contributed by atoms with E-state index in [0.717, 1.165) is 11.1 Å². The summed E-state index contributed by atoms with van der Waals surface area (Å²) < 4.78 is 27.5. The topological polar surface area (TPSA) is 113 Å². The second-order valence-electron chi connectivity index (χ2n) is 7.56. The molecule has 5 atom stereocenters. The summed E-state index contributed by atoms with van der Waals surface area (Å²) in [5.41, 5.74) is 1.71. The molecule has 1 heterocycles. The molecule has 0 saturated carbocycles. The molecule has 0 aromatic heterocycles. The molecular weight excluding hydrogens is 430 g/mol. The number of ether oxygens (including phenoxy) is 5. The summed E-state index contributed by atoms with van der Waals surface area (Å²) in [6, 6.07) is 17.7. The van der Waals surface area contributed by atoms with Crippen LogP contribution in [0.2, 0.25) is 0 Å². The van der Waals surface area contributed by atoms with Crippen molar-refractivity contribution in [3.05, 3.63) is 71.8 Å². The zero-order chi connectivity index (χ0) is 23.6. The molecule has 2 aromatic rings. The Hall–Kier alpha value is -2.98. The monoisotopic (exact) mass is 459 g/mol. The van der Waals surface area contributed by atoms with Gasteiger partial charge in [0.2, 0.25) is 0 Å². The van der Waals surface area contributed by atoms with Crippen molar-refractivity contribution in [3.63, 3.8) is 0 Å². The molecule has 0 aliphatic carbocycles. The highest BCUT2D eigenvalue weighted by Crippen LogP contribution is 2.26. The van der Waals surface area contributed by atoms with Gasteiger partial charge in [0.05, 0.1) is 6.61 Å². The van der Waals surface area contributed by atoms with Crippen LogP contribution < -0.4 is 5.32 Å².